The second kappa shape index (κ2) is 9.46. The Morgan fingerprint density at radius 2 is 1.73 bits per heavy atom. The molecule has 2 aromatic rings. The maximum Gasteiger partial charge on any atom is 0.279 e. The molecule has 0 heterocycles. The van der Waals surface area contributed by atoms with Crippen molar-refractivity contribution in [1.82, 2.24) is 10.9 Å². The van der Waals surface area contributed by atoms with Crippen molar-refractivity contribution in [3.05, 3.63) is 59.7 Å². The number of aryl methyl sites for hydroxylation is 1. The van der Waals surface area contributed by atoms with Crippen LogP contribution in [-0.2, 0) is 9.59 Å². The summed E-state index contributed by atoms with van der Waals surface area (Å²) in [7, 11) is 0. The summed E-state index contributed by atoms with van der Waals surface area (Å²) in [4.78, 5) is 24.1. The molecule has 0 fully saturated rings. The fourth-order valence-electron chi connectivity index (χ4n) is 2.26. The third-order valence-electron chi connectivity index (χ3n) is 3.92. The Morgan fingerprint density at radius 1 is 1.00 bits per heavy atom. The van der Waals surface area contributed by atoms with E-state index in [-0.39, 0.29) is 6.61 Å². The van der Waals surface area contributed by atoms with E-state index in [4.69, 9.17) is 9.47 Å². The second-order valence-corrected chi connectivity index (χ2v) is 5.85. The molecule has 0 saturated heterocycles. The number of carbonyl (C=O) groups is 2. The average Bonchev–Trinajstić information content (AvgIpc) is 2.66. The van der Waals surface area contributed by atoms with Crippen LogP contribution < -0.4 is 20.3 Å². The van der Waals surface area contributed by atoms with Crippen molar-refractivity contribution < 1.29 is 19.1 Å². The number of rotatable bonds is 7. The van der Waals surface area contributed by atoms with E-state index in [0.717, 1.165) is 11.1 Å². The number of carbonyl (C=O) groups excluding carboxylic acids is 2. The van der Waals surface area contributed by atoms with Crippen LogP contribution in [0.4, 0.5) is 0 Å². The van der Waals surface area contributed by atoms with Gasteiger partial charge in [0.15, 0.2) is 12.7 Å². The highest BCUT2D eigenvalue weighted by molar-refractivity contribution is 5.85. The van der Waals surface area contributed by atoms with E-state index < -0.39 is 17.9 Å². The number of nitrogens with one attached hydrogen (secondary N) is 2. The van der Waals surface area contributed by atoms with Crippen LogP contribution in [0.2, 0.25) is 0 Å². The molecule has 1 atom stereocenters. The van der Waals surface area contributed by atoms with E-state index >= 15 is 0 Å². The summed E-state index contributed by atoms with van der Waals surface area (Å²) in [5.41, 5.74) is 6.78. The molecular formula is C20H24N2O4. The minimum absolute atomic E-state index is 0.194. The van der Waals surface area contributed by atoms with Crippen LogP contribution in [0.5, 0.6) is 11.5 Å². The topological polar surface area (TPSA) is 76.7 Å². The van der Waals surface area contributed by atoms with Gasteiger partial charge in [-0.05, 0) is 49.6 Å². The average molecular weight is 356 g/mol. The number of amides is 2. The van der Waals surface area contributed by atoms with E-state index in [1.165, 1.54) is 0 Å². The zero-order valence-electron chi connectivity index (χ0n) is 15.2. The predicted molar refractivity (Wildman–Crippen MR) is 98.8 cm³/mol. The van der Waals surface area contributed by atoms with Crippen LogP contribution in [0.3, 0.4) is 0 Å². The number of hydrazine groups is 1. The molecule has 0 bridgehead atoms. The van der Waals surface area contributed by atoms with Gasteiger partial charge in [-0.2, -0.15) is 0 Å². The molecule has 0 aromatic heterocycles. The van der Waals surface area contributed by atoms with Gasteiger partial charge in [0.25, 0.3) is 11.8 Å². The number of benzene rings is 2. The number of ether oxygens (including phenoxy) is 2. The van der Waals surface area contributed by atoms with Crippen LogP contribution in [0.15, 0.2) is 48.5 Å². The molecule has 2 amide bonds. The highest BCUT2D eigenvalue weighted by Crippen LogP contribution is 2.20. The van der Waals surface area contributed by atoms with Crippen molar-refractivity contribution in [2.75, 3.05) is 6.61 Å². The molecule has 26 heavy (non-hydrogen) atoms. The largest absolute Gasteiger partial charge is 0.483 e. The monoisotopic (exact) mass is 356 g/mol. The van der Waals surface area contributed by atoms with Crippen molar-refractivity contribution >= 4 is 11.8 Å². The minimum Gasteiger partial charge on any atom is -0.483 e. The second-order valence-electron chi connectivity index (χ2n) is 5.85. The summed E-state index contributed by atoms with van der Waals surface area (Å²) >= 11 is 0. The molecule has 138 valence electrons. The zero-order chi connectivity index (χ0) is 18.9. The zero-order valence-corrected chi connectivity index (χ0v) is 15.2. The van der Waals surface area contributed by atoms with Gasteiger partial charge in [0.2, 0.25) is 0 Å². The first-order valence-corrected chi connectivity index (χ1v) is 8.50. The lowest BCUT2D eigenvalue weighted by Crippen LogP contribution is -2.49. The van der Waals surface area contributed by atoms with Crippen molar-refractivity contribution in [2.45, 2.75) is 33.3 Å². The first-order valence-electron chi connectivity index (χ1n) is 8.50. The van der Waals surface area contributed by atoms with Gasteiger partial charge in [-0.25, -0.2) is 0 Å². The Labute approximate surface area is 153 Å². The number of hydrogen-bond acceptors (Lipinski definition) is 4. The van der Waals surface area contributed by atoms with Crippen molar-refractivity contribution in [3.63, 3.8) is 0 Å². The van der Waals surface area contributed by atoms with E-state index in [1.807, 2.05) is 51.1 Å². The Kier molecular flexibility index (Phi) is 7.02. The highest BCUT2D eigenvalue weighted by atomic mass is 16.5. The number of hydrogen-bond donors (Lipinski definition) is 2. The van der Waals surface area contributed by atoms with Gasteiger partial charge in [-0.3, -0.25) is 20.4 Å². The van der Waals surface area contributed by atoms with Crippen LogP contribution in [-0.4, -0.2) is 24.5 Å². The lowest BCUT2D eigenvalue weighted by Gasteiger charge is -2.17. The first-order chi connectivity index (χ1) is 12.5. The van der Waals surface area contributed by atoms with Crippen molar-refractivity contribution in [2.24, 2.45) is 0 Å². The van der Waals surface area contributed by atoms with Gasteiger partial charge in [0, 0.05) is 0 Å². The van der Waals surface area contributed by atoms with Gasteiger partial charge < -0.3 is 9.47 Å². The molecule has 6 nitrogen and oxygen atoms in total. The summed E-state index contributed by atoms with van der Waals surface area (Å²) in [6.07, 6.45) is -0.229. The molecule has 0 radical (unpaired) electrons. The minimum atomic E-state index is -0.697. The molecule has 0 aliphatic carbocycles. The fraction of sp³-hybridized carbons (Fsp3) is 0.300. The maximum atomic E-state index is 12.2. The molecule has 0 aliphatic rings. The molecule has 1 unspecified atom stereocenters. The third kappa shape index (κ3) is 5.51. The standard InChI is InChI=1S/C20H24N2O4/c1-4-17(26-16-10-6-5-7-11-16)20(24)22-21-19(23)13-25-18-12-8-9-14(2)15(18)3/h5-12,17H,4,13H2,1-3H3,(H,21,23)(H,22,24). The summed E-state index contributed by atoms with van der Waals surface area (Å²) in [5.74, 6) is 0.370. The molecule has 2 rings (SSSR count). The van der Waals surface area contributed by atoms with Crippen LogP contribution >= 0.6 is 0 Å². The van der Waals surface area contributed by atoms with Gasteiger partial charge in [-0.15, -0.1) is 0 Å². The van der Waals surface area contributed by atoms with Gasteiger partial charge in [0.1, 0.15) is 11.5 Å². The van der Waals surface area contributed by atoms with Crippen molar-refractivity contribution in [1.29, 1.82) is 0 Å². The first kappa shape index (κ1) is 19.3. The summed E-state index contributed by atoms with van der Waals surface area (Å²) < 4.78 is 11.1. The molecule has 0 spiro atoms. The van der Waals surface area contributed by atoms with Gasteiger partial charge in [-0.1, -0.05) is 37.3 Å². The molecule has 0 aliphatic heterocycles. The lowest BCUT2D eigenvalue weighted by molar-refractivity contribution is -0.134. The lowest BCUT2D eigenvalue weighted by atomic mass is 10.1. The normalized spacial score (nSPS) is 11.3. The van der Waals surface area contributed by atoms with Gasteiger partial charge >= 0.3 is 0 Å². The Balaban J connectivity index is 1.80. The quantitative estimate of drug-likeness (QED) is 0.748. The Hall–Kier alpha value is -3.02. The van der Waals surface area contributed by atoms with E-state index in [9.17, 15) is 9.59 Å². The Bertz CT molecular complexity index is 747. The predicted octanol–water partition coefficient (Wildman–Crippen LogP) is 2.69. The molecular weight excluding hydrogens is 332 g/mol. The van der Waals surface area contributed by atoms with E-state index in [0.29, 0.717) is 17.9 Å². The SMILES string of the molecule is CCC(Oc1ccccc1)C(=O)NNC(=O)COc1cccc(C)c1C. The Morgan fingerprint density at radius 3 is 2.42 bits per heavy atom. The summed E-state index contributed by atoms with van der Waals surface area (Å²) in [5, 5.41) is 0. The van der Waals surface area contributed by atoms with E-state index in [2.05, 4.69) is 10.9 Å². The molecule has 2 N–H and O–H groups in total. The molecule has 2 aromatic carbocycles. The number of para-hydroxylation sites is 1. The van der Waals surface area contributed by atoms with E-state index in [1.54, 1.807) is 18.2 Å². The van der Waals surface area contributed by atoms with Crippen LogP contribution in [0, 0.1) is 13.8 Å². The summed E-state index contributed by atoms with van der Waals surface area (Å²) in [6.45, 7) is 5.54. The maximum absolute atomic E-state index is 12.2. The fourth-order valence-corrected chi connectivity index (χ4v) is 2.26. The smallest absolute Gasteiger partial charge is 0.279 e. The third-order valence-corrected chi connectivity index (χ3v) is 3.92. The highest BCUT2D eigenvalue weighted by Gasteiger charge is 2.19. The summed E-state index contributed by atoms with van der Waals surface area (Å²) in [6, 6.07) is 14.7. The molecule has 6 heteroatoms. The van der Waals surface area contributed by atoms with Crippen molar-refractivity contribution in [3.8, 4) is 11.5 Å². The van der Waals surface area contributed by atoms with Crippen LogP contribution in [0.1, 0.15) is 24.5 Å². The van der Waals surface area contributed by atoms with Crippen LogP contribution in [0.25, 0.3) is 0 Å². The molecule has 0 saturated carbocycles. The van der Waals surface area contributed by atoms with Gasteiger partial charge in [0.05, 0.1) is 0 Å².